The van der Waals surface area contributed by atoms with Gasteiger partial charge in [0.1, 0.15) is 0 Å². The van der Waals surface area contributed by atoms with Gasteiger partial charge >= 0.3 is 5.97 Å². The number of esters is 1. The van der Waals surface area contributed by atoms with Crippen molar-refractivity contribution < 1.29 is 9.53 Å². The molecule has 2 aromatic carbocycles. The number of carbonyl (C=O) groups excluding carboxylic acids is 1. The number of ether oxygens (including phenoxy) is 1. The van der Waals surface area contributed by atoms with E-state index in [1.54, 1.807) is 0 Å². The van der Waals surface area contributed by atoms with Gasteiger partial charge in [-0.25, -0.2) is 0 Å². The highest BCUT2D eigenvalue weighted by atomic mass is 16.5. The fraction of sp³-hybridized carbons (Fsp3) is 0.581. The Hall–Kier alpha value is -2.21. The third-order valence-corrected chi connectivity index (χ3v) is 7.07. The lowest BCUT2D eigenvalue weighted by Crippen LogP contribution is -2.18. The van der Waals surface area contributed by atoms with Crippen LogP contribution in [0.2, 0.25) is 0 Å². The monoisotopic (exact) mass is 493 g/mol. The molecule has 2 aliphatic heterocycles. The topological polar surface area (TPSA) is 44.8 Å². The Morgan fingerprint density at radius 1 is 0.750 bits per heavy atom. The third kappa shape index (κ3) is 10.8. The molecular formula is C31H47N3O2. The highest BCUT2D eigenvalue weighted by Gasteiger charge is 2.12. The SMILES string of the molecule is CCOC(=O)CCCc1ccc(CN2CCCC2)cc1.CNCCc1ccc(CN2CCCC2)cc1. The van der Waals surface area contributed by atoms with Crippen molar-refractivity contribution in [3.8, 4) is 0 Å². The quantitative estimate of drug-likeness (QED) is 0.411. The maximum atomic E-state index is 11.3. The Kier molecular flexibility index (Phi) is 13.0. The summed E-state index contributed by atoms with van der Waals surface area (Å²) in [6, 6.07) is 17.9. The van der Waals surface area contributed by atoms with E-state index in [-0.39, 0.29) is 5.97 Å². The van der Waals surface area contributed by atoms with Crippen LogP contribution in [0, 0.1) is 0 Å². The summed E-state index contributed by atoms with van der Waals surface area (Å²) in [5.74, 6) is -0.0850. The molecule has 2 fully saturated rings. The Balaban J connectivity index is 0.000000205. The number of hydrogen-bond acceptors (Lipinski definition) is 5. The Bertz CT molecular complexity index is 854. The summed E-state index contributed by atoms with van der Waals surface area (Å²) in [6.07, 6.45) is 8.88. The molecule has 5 nitrogen and oxygen atoms in total. The first-order chi connectivity index (χ1) is 17.7. The van der Waals surface area contributed by atoms with E-state index < -0.39 is 0 Å². The van der Waals surface area contributed by atoms with Crippen molar-refractivity contribution in [1.82, 2.24) is 15.1 Å². The van der Waals surface area contributed by atoms with Gasteiger partial charge in [0.15, 0.2) is 0 Å². The first-order valence-corrected chi connectivity index (χ1v) is 14.1. The van der Waals surface area contributed by atoms with Gasteiger partial charge in [-0.2, -0.15) is 0 Å². The second kappa shape index (κ2) is 16.5. The number of aryl methyl sites for hydroxylation is 1. The number of nitrogens with one attached hydrogen (secondary N) is 1. The summed E-state index contributed by atoms with van der Waals surface area (Å²) in [5, 5.41) is 3.18. The largest absolute Gasteiger partial charge is 0.466 e. The minimum atomic E-state index is -0.0850. The van der Waals surface area contributed by atoms with E-state index in [1.165, 1.54) is 74.1 Å². The van der Waals surface area contributed by atoms with Crippen LogP contribution in [0.25, 0.3) is 0 Å². The second-order valence-corrected chi connectivity index (χ2v) is 10.1. The van der Waals surface area contributed by atoms with Gasteiger partial charge < -0.3 is 10.1 Å². The van der Waals surface area contributed by atoms with Gasteiger partial charge in [-0.1, -0.05) is 48.5 Å². The zero-order valence-corrected chi connectivity index (χ0v) is 22.6. The summed E-state index contributed by atoms with van der Waals surface area (Å²) in [7, 11) is 2.00. The lowest BCUT2D eigenvalue weighted by atomic mass is 10.1. The van der Waals surface area contributed by atoms with Crippen LogP contribution in [0.4, 0.5) is 0 Å². The minimum Gasteiger partial charge on any atom is -0.466 e. The summed E-state index contributed by atoms with van der Waals surface area (Å²) in [5.41, 5.74) is 5.58. The van der Waals surface area contributed by atoms with Gasteiger partial charge in [-0.3, -0.25) is 14.6 Å². The Morgan fingerprint density at radius 3 is 1.64 bits per heavy atom. The van der Waals surface area contributed by atoms with Crippen molar-refractivity contribution in [2.24, 2.45) is 0 Å². The number of likely N-dealkylation sites (N-methyl/N-ethyl adjacent to an activating group) is 1. The molecule has 5 heteroatoms. The molecule has 0 unspecified atom stereocenters. The summed E-state index contributed by atoms with van der Waals surface area (Å²) >= 11 is 0. The summed E-state index contributed by atoms with van der Waals surface area (Å²) in [6.45, 7) is 10.6. The van der Waals surface area contributed by atoms with E-state index in [0.717, 1.165) is 38.9 Å². The number of rotatable bonds is 12. The zero-order valence-electron chi connectivity index (χ0n) is 22.6. The maximum absolute atomic E-state index is 11.3. The van der Waals surface area contributed by atoms with Gasteiger partial charge in [-0.05, 0) is 114 Å². The predicted octanol–water partition coefficient (Wildman–Crippen LogP) is 5.21. The standard InChI is InChI=1S/C17H25NO2.C14H22N2/c1-2-20-17(19)7-5-6-15-8-10-16(11-9-15)14-18-12-3-4-13-18;1-15-9-8-13-4-6-14(7-5-13)12-16-10-2-3-11-16/h8-11H,2-7,12-14H2,1H3;4-7,15H,2-3,8-12H2,1H3. The highest BCUT2D eigenvalue weighted by molar-refractivity contribution is 5.69. The molecule has 1 N–H and O–H groups in total. The van der Waals surface area contributed by atoms with Crippen molar-refractivity contribution in [3.63, 3.8) is 0 Å². The lowest BCUT2D eigenvalue weighted by Gasteiger charge is -2.14. The van der Waals surface area contributed by atoms with E-state index in [2.05, 4.69) is 63.6 Å². The molecule has 4 rings (SSSR count). The van der Waals surface area contributed by atoms with Crippen LogP contribution in [-0.2, 0) is 35.5 Å². The summed E-state index contributed by atoms with van der Waals surface area (Å²) in [4.78, 5) is 16.3. The maximum Gasteiger partial charge on any atom is 0.305 e. The molecule has 0 radical (unpaired) electrons. The van der Waals surface area contributed by atoms with Crippen molar-refractivity contribution in [2.45, 2.75) is 71.4 Å². The smallest absolute Gasteiger partial charge is 0.305 e. The predicted molar refractivity (Wildman–Crippen MR) is 149 cm³/mol. The molecule has 0 amide bonds. The van der Waals surface area contributed by atoms with Gasteiger partial charge in [-0.15, -0.1) is 0 Å². The van der Waals surface area contributed by atoms with Crippen LogP contribution in [0.1, 0.15) is 67.7 Å². The van der Waals surface area contributed by atoms with Crippen LogP contribution >= 0.6 is 0 Å². The van der Waals surface area contributed by atoms with Crippen LogP contribution in [0.15, 0.2) is 48.5 Å². The molecule has 0 aliphatic carbocycles. The molecule has 0 atom stereocenters. The van der Waals surface area contributed by atoms with Crippen LogP contribution in [-0.4, -0.2) is 62.1 Å². The first kappa shape index (κ1) is 28.4. The average Bonchev–Trinajstić information content (AvgIpc) is 3.60. The third-order valence-electron chi connectivity index (χ3n) is 7.07. The van der Waals surface area contributed by atoms with Gasteiger partial charge in [0, 0.05) is 19.5 Å². The van der Waals surface area contributed by atoms with Gasteiger partial charge in [0.05, 0.1) is 6.61 Å². The lowest BCUT2D eigenvalue weighted by molar-refractivity contribution is -0.143. The van der Waals surface area contributed by atoms with Crippen LogP contribution in [0.5, 0.6) is 0 Å². The molecule has 0 aromatic heterocycles. The normalized spacial score (nSPS) is 16.1. The second-order valence-electron chi connectivity index (χ2n) is 10.1. The summed E-state index contributed by atoms with van der Waals surface area (Å²) < 4.78 is 4.93. The Labute approximate surface area is 219 Å². The highest BCUT2D eigenvalue weighted by Crippen LogP contribution is 2.15. The van der Waals surface area contributed by atoms with Crippen molar-refractivity contribution >= 4 is 5.97 Å². The minimum absolute atomic E-state index is 0.0850. The number of likely N-dealkylation sites (tertiary alicyclic amines) is 2. The molecule has 0 spiro atoms. The van der Waals surface area contributed by atoms with Gasteiger partial charge in [0.2, 0.25) is 0 Å². The van der Waals surface area contributed by atoms with E-state index in [9.17, 15) is 4.79 Å². The van der Waals surface area contributed by atoms with E-state index in [1.807, 2.05) is 14.0 Å². The fourth-order valence-electron chi connectivity index (χ4n) is 4.96. The zero-order chi connectivity index (χ0) is 25.4. The van der Waals surface area contributed by atoms with Crippen molar-refractivity contribution in [3.05, 3.63) is 70.8 Å². The molecule has 2 saturated heterocycles. The molecule has 2 aromatic rings. The number of nitrogens with zero attached hydrogens (tertiary/aromatic N) is 2. The molecule has 198 valence electrons. The van der Waals surface area contributed by atoms with E-state index in [0.29, 0.717) is 13.0 Å². The molecule has 0 saturated carbocycles. The van der Waals surface area contributed by atoms with Crippen LogP contribution < -0.4 is 5.32 Å². The molecule has 2 heterocycles. The first-order valence-electron chi connectivity index (χ1n) is 14.1. The molecule has 0 bridgehead atoms. The number of carbonyl (C=O) groups is 1. The fourth-order valence-corrected chi connectivity index (χ4v) is 4.96. The van der Waals surface area contributed by atoms with Crippen molar-refractivity contribution in [1.29, 1.82) is 0 Å². The molecule has 2 aliphatic rings. The van der Waals surface area contributed by atoms with E-state index >= 15 is 0 Å². The number of benzene rings is 2. The molecular weight excluding hydrogens is 446 g/mol. The molecule has 36 heavy (non-hydrogen) atoms. The Morgan fingerprint density at radius 2 is 1.19 bits per heavy atom. The van der Waals surface area contributed by atoms with Crippen LogP contribution in [0.3, 0.4) is 0 Å². The number of hydrogen-bond donors (Lipinski definition) is 1. The van der Waals surface area contributed by atoms with E-state index in [4.69, 9.17) is 4.74 Å². The van der Waals surface area contributed by atoms with Gasteiger partial charge in [0.25, 0.3) is 0 Å². The average molecular weight is 494 g/mol. The van der Waals surface area contributed by atoms with Crippen molar-refractivity contribution in [2.75, 3.05) is 46.4 Å².